The Bertz CT molecular complexity index is 284. The monoisotopic (exact) mass is 179 g/mol. The van der Waals surface area contributed by atoms with Gasteiger partial charge in [-0.05, 0) is 25.7 Å². The van der Waals surface area contributed by atoms with Gasteiger partial charge in [0.25, 0.3) is 0 Å². The highest BCUT2D eigenvalue weighted by Gasteiger charge is 2.16. The number of rotatable bonds is 2. The molecule has 2 N–H and O–H groups in total. The Morgan fingerprint density at radius 3 is 2.85 bits per heavy atom. The number of aromatic nitrogens is 2. The molecule has 0 amide bonds. The summed E-state index contributed by atoms with van der Waals surface area (Å²) < 4.78 is 5.62. The van der Waals surface area contributed by atoms with Crippen LogP contribution in [0, 0.1) is 0 Å². The van der Waals surface area contributed by atoms with Crippen LogP contribution in [-0.4, -0.2) is 16.1 Å². The molecule has 0 spiro atoms. The fraction of sp³-hybridized carbons (Fsp3) is 0.556. The summed E-state index contributed by atoms with van der Waals surface area (Å²) >= 11 is 0. The van der Waals surface area contributed by atoms with Gasteiger partial charge in [0.2, 0.25) is 11.8 Å². The van der Waals surface area contributed by atoms with Gasteiger partial charge in [-0.15, -0.1) is 0 Å². The number of hydrogen-bond acceptors (Lipinski definition) is 4. The normalized spacial score (nSPS) is 17.5. The molecule has 0 aliphatic heterocycles. The molecule has 0 unspecified atom stereocenters. The zero-order valence-corrected chi connectivity index (χ0v) is 7.44. The summed E-state index contributed by atoms with van der Waals surface area (Å²) in [5.74, 6) is 0.870. The van der Waals surface area contributed by atoms with E-state index in [1.165, 1.54) is 12.8 Å². The molecule has 0 bridgehead atoms. The Kier molecular flexibility index (Phi) is 2.29. The van der Waals surface area contributed by atoms with Gasteiger partial charge in [0.1, 0.15) is 6.10 Å². The molecule has 4 nitrogen and oxygen atoms in total. The maximum absolute atomic E-state index is 5.62. The largest absolute Gasteiger partial charge is 0.474 e. The van der Waals surface area contributed by atoms with Crippen LogP contribution in [0.25, 0.3) is 0 Å². The van der Waals surface area contributed by atoms with Crippen molar-refractivity contribution < 1.29 is 4.74 Å². The molecule has 13 heavy (non-hydrogen) atoms. The van der Waals surface area contributed by atoms with E-state index < -0.39 is 0 Å². The van der Waals surface area contributed by atoms with Crippen molar-refractivity contribution in [2.75, 3.05) is 5.73 Å². The number of anilines is 1. The molecular formula is C9H13N3O. The number of hydrogen-bond donors (Lipinski definition) is 1. The SMILES string of the molecule is Nc1nccc(OC2CCCC2)n1. The molecule has 0 radical (unpaired) electrons. The molecule has 1 fully saturated rings. The molecule has 1 aliphatic rings. The highest BCUT2D eigenvalue weighted by atomic mass is 16.5. The minimum absolute atomic E-state index is 0.274. The van der Waals surface area contributed by atoms with Crippen molar-refractivity contribution >= 4 is 5.95 Å². The molecule has 4 heteroatoms. The standard InChI is InChI=1S/C9H13N3O/c10-9-11-6-5-8(12-9)13-7-3-1-2-4-7/h5-7H,1-4H2,(H2,10,11,12). The van der Waals surface area contributed by atoms with E-state index in [1.54, 1.807) is 12.3 Å². The first-order valence-corrected chi connectivity index (χ1v) is 4.60. The third-order valence-corrected chi connectivity index (χ3v) is 2.24. The lowest BCUT2D eigenvalue weighted by Crippen LogP contribution is -2.12. The maximum Gasteiger partial charge on any atom is 0.223 e. The van der Waals surface area contributed by atoms with E-state index in [0.717, 1.165) is 12.8 Å². The first kappa shape index (κ1) is 8.29. The lowest BCUT2D eigenvalue weighted by Gasteiger charge is -2.11. The average molecular weight is 179 g/mol. The second-order valence-corrected chi connectivity index (χ2v) is 3.28. The van der Waals surface area contributed by atoms with E-state index in [2.05, 4.69) is 9.97 Å². The number of ether oxygens (including phenoxy) is 1. The Morgan fingerprint density at radius 2 is 2.15 bits per heavy atom. The quantitative estimate of drug-likeness (QED) is 0.745. The Hall–Kier alpha value is -1.32. The van der Waals surface area contributed by atoms with E-state index >= 15 is 0 Å². The third-order valence-electron chi connectivity index (χ3n) is 2.24. The van der Waals surface area contributed by atoms with Crippen molar-refractivity contribution in [3.05, 3.63) is 12.3 Å². The van der Waals surface area contributed by atoms with E-state index in [0.29, 0.717) is 12.0 Å². The Morgan fingerprint density at radius 1 is 1.38 bits per heavy atom. The molecule has 0 atom stereocenters. The van der Waals surface area contributed by atoms with Gasteiger partial charge in [0.05, 0.1) is 0 Å². The van der Waals surface area contributed by atoms with Gasteiger partial charge in [-0.25, -0.2) is 4.98 Å². The van der Waals surface area contributed by atoms with Gasteiger partial charge >= 0.3 is 0 Å². The van der Waals surface area contributed by atoms with E-state index in [4.69, 9.17) is 10.5 Å². The van der Waals surface area contributed by atoms with Crippen molar-refractivity contribution in [1.29, 1.82) is 0 Å². The third kappa shape index (κ3) is 2.08. The van der Waals surface area contributed by atoms with Crippen LogP contribution in [0.3, 0.4) is 0 Å². The van der Waals surface area contributed by atoms with Gasteiger partial charge in [-0.2, -0.15) is 4.98 Å². The van der Waals surface area contributed by atoms with Gasteiger partial charge in [0.15, 0.2) is 0 Å². The minimum Gasteiger partial charge on any atom is -0.474 e. The van der Waals surface area contributed by atoms with E-state index in [9.17, 15) is 0 Å². The van der Waals surface area contributed by atoms with Crippen molar-refractivity contribution in [3.8, 4) is 5.88 Å². The predicted molar refractivity (Wildman–Crippen MR) is 49.3 cm³/mol. The molecule has 1 saturated carbocycles. The van der Waals surface area contributed by atoms with Gasteiger partial charge in [-0.1, -0.05) is 0 Å². The van der Waals surface area contributed by atoms with Crippen molar-refractivity contribution in [1.82, 2.24) is 9.97 Å². The molecule has 1 aromatic rings. The molecule has 70 valence electrons. The van der Waals surface area contributed by atoms with Crippen molar-refractivity contribution in [3.63, 3.8) is 0 Å². The number of nitrogen functional groups attached to an aromatic ring is 1. The fourth-order valence-corrected chi connectivity index (χ4v) is 1.60. The van der Waals surface area contributed by atoms with Crippen LogP contribution in [-0.2, 0) is 0 Å². The summed E-state index contributed by atoms with van der Waals surface area (Å²) in [6, 6.07) is 1.74. The van der Waals surface area contributed by atoms with Crippen LogP contribution in [0.2, 0.25) is 0 Å². The molecule has 1 aromatic heterocycles. The molecule has 0 saturated heterocycles. The van der Waals surface area contributed by atoms with E-state index in [-0.39, 0.29) is 5.95 Å². The van der Waals surface area contributed by atoms with Crippen LogP contribution >= 0.6 is 0 Å². The summed E-state index contributed by atoms with van der Waals surface area (Å²) in [6.45, 7) is 0. The van der Waals surface area contributed by atoms with Crippen LogP contribution in [0.4, 0.5) is 5.95 Å². The second kappa shape index (κ2) is 3.60. The fourth-order valence-electron chi connectivity index (χ4n) is 1.60. The summed E-state index contributed by atoms with van der Waals surface area (Å²) in [4.78, 5) is 7.78. The van der Waals surface area contributed by atoms with Gasteiger partial charge in [-0.3, -0.25) is 0 Å². The van der Waals surface area contributed by atoms with Crippen molar-refractivity contribution in [2.45, 2.75) is 31.8 Å². The second-order valence-electron chi connectivity index (χ2n) is 3.28. The van der Waals surface area contributed by atoms with Crippen LogP contribution in [0.15, 0.2) is 12.3 Å². The topological polar surface area (TPSA) is 61.0 Å². The zero-order chi connectivity index (χ0) is 9.10. The summed E-state index contributed by atoms with van der Waals surface area (Å²) in [5.41, 5.74) is 5.43. The van der Waals surface area contributed by atoms with Crippen molar-refractivity contribution in [2.24, 2.45) is 0 Å². The van der Waals surface area contributed by atoms with Crippen LogP contribution < -0.4 is 10.5 Å². The summed E-state index contributed by atoms with van der Waals surface area (Å²) in [7, 11) is 0. The van der Waals surface area contributed by atoms with Gasteiger partial charge in [0, 0.05) is 12.3 Å². The minimum atomic E-state index is 0.274. The van der Waals surface area contributed by atoms with E-state index in [1.807, 2.05) is 0 Å². The first-order valence-electron chi connectivity index (χ1n) is 4.60. The number of nitrogens with zero attached hydrogens (tertiary/aromatic N) is 2. The molecule has 1 aliphatic carbocycles. The van der Waals surface area contributed by atoms with Gasteiger partial charge < -0.3 is 10.5 Å². The molecule has 1 heterocycles. The van der Waals surface area contributed by atoms with Crippen LogP contribution in [0.1, 0.15) is 25.7 Å². The lowest BCUT2D eigenvalue weighted by atomic mass is 10.3. The first-order chi connectivity index (χ1) is 6.34. The number of nitrogens with two attached hydrogens (primary N) is 1. The summed E-state index contributed by atoms with van der Waals surface area (Å²) in [6.07, 6.45) is 6.71. The Balaban J connectivity index is 2.00. The Labute approximate surface area is 77.1 Å². The highest BCUT2D eigenvalue weighted by Crippen LogP contribution is 2.22. The maximum atomic E-state index is 5.62. The molecule has 2 rings (SSSR count). The smallest absolute Gasteiger partial charge is 0.223 e. The summed E-state index contributed by atoms with van der Waals surface area (Å²) in [5, 5.41) is 0. The van der Waals surface area contributed by atoms with Crippen LogP contribution in [0.5, 0.6) is 5.88 Å². The zero-order valence-electron chi connectivity index (χ0n) is 7.44. The molecule has 0 aromatic carbocycles. The predicted octanol–water partition coefficient (Wildman–Crippen LogP) is 1.38. The lowest BCUT2D eigenvalue weighted by molar-refractivity contribution is 0.201. The average Bonchev–Trinajstić information content (AvgIpc) is 2.57. The molecular weight excluding hydrogens is 166 g/mol. The highest BCUT2D eigenvalue weighted by molar-refractivity contribution is 5.20.